The number of carbonyl (C=O) groups excluding carboxylic acids is 2. The van der Waals surface area contributed by atoms with E-state index < -0.39 is 39.6 Å². The lowest BCUT2D eigenvalue weighted by Crippen LogP contribution is -2.42. The van der Waals surface area contributed by atoms with Gasteiger partial charge in [-0.3, -0.25) is 9.59 Å². The average molecular weight is 385 g/mol. The zero-order valence-corrected chi connectivity index (χ0v) is 15.9. The van der Waals surface area contributed by atoms with Gasteiger partial charge in [-0.05, 0) is 32.9 Å². The molecular formula is C17H23NO7S. The van der Waals surface area contributed by atoms with E-state index in [4.69, 9.17) is 14.2 Å². The van der Waals surface area contributed by atoms with Crippen molar-refractivity contribution in [1.82, 2.24) is 5.32 Å². The second-order valence-electron chi connectivity index (χ2n) is 6.83. The van der Waals surface area contributed by atoms with Crippen molar-refractivity contribution in [1.29, 1.82) is 0 Å². The first-order chi connectivity index (χ1) is 12.1. The third-order valence-electron chi connectivity index (χ3n) is 3.33. The van der Waals surface area contributed by atoms with Crippen LogP contribution in [0.25, 0.3) is 0 Å². The minimum atomic E-state index is -3.69. The number of fused-ring (bicyclic) bond motifs is 1. The van der Waals surface area contributed by atoms with Gasteiger partial charge in [0.25, 0.3) is 5.91 Å². The highest BCUT2D eigenvalue weighted by molar-refractivity contribution is 7.91. The summed E-state index contributed by atoms with van der Waals surface area (Å²) in [6.07, 6.45) is -0.348. The van der Waals surface area contributed by atoms with Crippen LogP contribution in [0, 0.1) is 0 Å². The first kappa shape index (κ1) is 20.0. The summed E-state index contributed by atoms with van der Waals surface area (Å²) in [5.41, 5.74) is -0.439. The maximum atomic E-state index is 12.4. The minimum Gasteiger partial charge on any atom is -0.486 e. The van der Waals surface area contributed by atoms with E-state index in [0.29, 0.717) is 24.7 Å². The van der Waals surface area contributed by atoms with Crippen LogP contribution in [0.15, 0.2) is 23.1 Å². The van der Waals surface area contributed by atoms with Gasteiger partial charge in [0.1, 0.15) is 13.2 Å². The van der Waals surface area contributed by atoms with Crippen LogP contribution in [0.5, 0.6) is 11.5 Å². The van der Waals surface area contributed by atoms with E-state index >= 15 is 0 Å². The van der Waals surface area contributed by atoms with Crippen LogP contribution >= 0.6 is 0 Å². The number of benzene rings is 1. The normalized spacial score (nSPS) is 13.8. The van der Waals surface area contributed by atoms with Crippen LogP contribution in [0.4, 0.5) is 0 Å². The van der Waals surface area contributed by atoms with Crippen LogP contribution in [0.3, 0.4) is 0 Å². The maximum Gasteiger partial charge on any atom is 0.307 e. The molecule has 1 aromatic rings. The van der Waals surface area contributed by atoms with Crippen molar-refractivity contribution in [3.05, 3.63) is 18.2 Å². The van der Waals surface area contributed by atoms with Gasteiger partial charge in [0.2, 0.25) is 0 Å². The van der Waals surface area contributed by atoms with Crippen molar-refractivity contribution in [3.8, 4) is 11.5 Å². The van der Waals surface area contributed by atoms with Gasteiger partial charge >= 0.3 is 5.97 Å². The molecule has 0 bridgehead atoms. The van der Waals surface area contributed by atoms with Crippen molar-refractivity contribution in [2.75, 3.05) is 25.6 Å². The Kier molecular flexibility index (Phi) is 6.12. The van der Waals surface area contributed by atoms with Crippen LogP contribution in [-0.4, -0.2) is 51.4 Å². The third-order valence-corrected chi connectivity index (χ3v) is 5.04. The first-order valence-electron chi connectivity index (χ1n) is 8.16. The molecule has 0 spiro atoms. The lowest BCUT2D eigenvalue weighted by Gasteiger charge is -2.20. The molecule has 8 nitrogen and oxygen atoms in total. The fraction of sp³-hybridized carbons (Fsp3) is 0.529. The van der Waals surface area contributed by atoms with Crippen LogP contribution in [0.2, 0.25) is 0 Å². The molecule has 0 aromatic heterocycles. The van der Waals surface area contributed by atoms with Gasteiger partial charge < -0.3 is 19.5 Å². The largest absolute Gasteiger partial charge is 0.486 e. The van der Waals surface area contributed by atoms with E-state index in [0.717, 1.165) is 0 Å². The molecule has 0 unspecified atom stereocenters. The molecule has 1 heterocycles. The summed E-state index contributed by atoms with van der Waals surface area (Å²) < 4.78 is 40.3. The molecule has 1 N–H and O–H groups in total. The van der Waals surface area contributed by atoms with E-state index in [1.165, 1.54) is 18.2 Å². The molecule has 1 amide bonds. The Bertz CT molecular complexity index is 781. The number of carbonyl (C=O) groups is 2. The summed E-state index contributed by atoms with van der Waals surface area (Å²) in [4.78, 5) is 23.3. The summed E-state index contributed by atoms with van der Waals surface area (Å²) in [6.45, 7) is 5.71. The second-order valence-corrected chi connectivity index (χ2v) is 8.94. The van der Waals surface area contributed by atoms with Crippen molar-refractivity contribution in [2.24, 2.45) is 0 Å². The smallest absolute Gasteiger partial charge is 0.307 e. The summed E-state index contributed by atoms with van der Waals surface area (Å²) in [5, 5.41) is 2.64. The molecule has 26 heavy (non-hydrogen) atoms. The van der Waals surface area contributed by atoms with E-state index in [1.807, 2.05) is 0 Å². The molecule has 1 aliphatic rings. The van der Waals surface area contributed by atoms with Gasteiger partial charge in [-0.15, -0.1) is 0 Å². The number of sulfone groups is 1. The summed E-state index contributed by atoms with van der Waals surface area (Å²) in [5.74, 6) is -0.777. The number of esters is 1. The number of hydrogen-bond donors (Lipinski definition) is 1. The van der Waals surface area contributed by atoms with Gasteiger partial charge in [0.15, 0.2) is 27.9 Å². The zero-order valence-electron chi connectivity index (χ0n) is 15.0. The fourth-order valence-corrected chi connectivity index (χ4v) is 3.46. The van der Waals surface area contributed by atoms with Crippen LogP contribution in [-0.2, 0) is 24.2 Å². The molecule has 144 valence electrons. The Balaban J connectivity index is 1.87. The highest BCUT2D eigenvalue weighted by atomic mass is 32.2. The Labute approximate surface area is 152 Å². The summed E-state index contributed by atoms with van der Waals surface area (Å²) in [7, 11) is -3.69. The molecule has 0 aliphatic carbocycles. The number of amides is 1. The quantitative estimate of drug-likeness (QED) is 0.730. The molecule has 1 aliphatic heterocycles. The summed E-state index contributed by atoms with van der Waals surface area (Å²) >= 11 is 0. The van der Waals surface area contributed by atoms with E-state index in [-0.39, 0.29) is 11.3 Å². The van der Waals surface area contributed by atoms with Crippen LogP contribution in [0.1, 0.15) is 27.2 Å². The molecule has 1 aromatic carbocycles. The molecule has 0 fully saturated rings. The van der Waals surface area contributed by atoms with Crippen LogP contribution < -0.4 is 14.8 Å². The van der Waals surface area contributed by atoms with E-state index in [2.05, 4.69) is 5.32 Å². The fourth-order valence-electron chi connectivity index (χ4n) is 2.23. The minimum absolute atomic E-state index is 0.0417. The molecule has 0 saturated heterocycles. The first-order valence-corrected chi connectivity index (χ1v) is 9.81. The molecule has 9 heteroatoms. The van der Waals surface area contributed by atoms with Crippen molar-refractivity contribution >= 4 is 21.7 Å². The van der Waals surface area contributed by atoms with Gasteiger partial charge in [0, 0.05) is 11.6 Å². The number of hydrogen-bond acceptors (Lipinski definition) is 7. The Morgan fingerprint density at radius 3 is 2.46 bits per heavy atom. The molecule has 0 atom stereocenters. The predicted octanol–water partition coefficient (Wildman–Crippen LogP) is 1.08. The van der Waals surface area contributed by atoms with E-state index in [1.54, 1.807) is 20.8 Å². The van der Waals surface area contributed by atoms with Crippen molar-refractivity contribution < 1.29 is 32.2 Å². The highest BCUT2D eigenvalue weighted by Crippen LogP contribution is 2.32. The van der Waals surface area contributed by atoms with Crippen molar-refractivity contribution in [2.45, 2.75) is 37.6 Å². The van der Waals surface area contributed by atoms with Gasteiger partial charge in [0.05, 0.1) is 17.1 Å². The summed E-state index contributed by atoms with van der Waals surface area (Å²) in [6, 6.07) is 4.31. The highest BCUT2D eigenvalue weighted by Gasteiger charge is 2.21. The number of rotatable bonds is 6. The lowest BCUT2D eigenvalue weighted by molar-refractivity contribution is -0.148. The topological polar surface area (TPSA) is 108 Å². The monoisotopic (exact) mass is 385 g/mol. The lowest BCUT2D eigenvalue weighted by atomic mass is 10.1. The standard InChI is InChI=1S/C17H23NO7S/c1-17(2,3)18-15(19)11-25-16(20)6-9-26(21,22)12-4-5-13-14(10-12)24-8-7-23-13/h4-5,10H,6-9,11H2,1-3H3,(H,18,19). The zero-order chi connectivity index (χ0) is 19.4. The van der Waals surface area contributed by atoms with Gasteiger partial charge in [-0.2, -0.15) is 0 Å². The Hall–Kier alpha value is -2.29. The average Bonchev–Trinajstić information content (AvgIpc) is 2.56. The Morgan fingerprint density at radius 1 is 1.15 bits per heavy atom. The van der Waals surface area contributed by atoms with Gasteiger partial charge in [-0.1, -0.05) is 0 Å². The molecule has 2 rings (SSSR count). The predicted molar refractivity (Wildman–Crippen MR) is 93.0 cm³/mol. The van der Waals surface area contributed by atoms with Gasteiger partial charge in [-0.25, -0.2) is 8.42 Å². The number of nitrogens with one attached hydrogen (secondary N) is 1. The van der Waals surface area contributed by atoms with E-state index in [9.17, 15) is 18.0 Å². The maximum absolute atomic E-state index is 12.4. The SMILES string of the molecule is CC(C)(C)NC(=O)COC(=O)CCS(=O)(=O)c1ccc2c(c1)OCCO2. The second kappa shape index (κ2) is 7.94. The molecular weight excluding hydrogens is 362 g/mol. The van der Waals surface area contributed by atoms with Crippen molar-refractivity contribution in [3.63, 3.8) is 0 Å². The molecule has 0 radical (unpaired) electrons. The molecule has 0 saturated carbocycles. The Morgan fingerprint density at radius 2 is 1.81 bits per heavy atom. The third kappa shape index (κ3) is 5.91. The number of ether oxygens (including phenoxy) is 3.